The van der Waals surface area contributed by atoms with Crippen LogP contribution in [0.2, 0.25) is 5.02 Å². The van der Waals surface area contributed by atoms with Gasteiger partial charge >= 0.3 is 0 Å². The minimum absolute atomic E-state index is 0.758. The van der Waals surface area contributed by atoms with Gasteiger partial charge in [0.2, 0.25) is 0 Å². The summed E-state index contributed by atoms with van der Waals surface area (Å²) in [7, 11) is 0. The van der Waals surface area contributed by atoms with Crippen molar-refractivity contribution < 1.29 is 4.74 Å². The van der Waals surface area contributed by atoms with Gasteiger partial charge in [0.05, 0.1) is 13.2 Å². The lowest BCUT2D eigenvalue weighted by Gasteiger charge is -2.27. The monoisotopic (exact) mass is 332 g/mol. The summed E-state index contributed by atoms with van der Waals surface area (Å²) in [6, 6.07) is 10.0. The topological polar surface area (TPSA) is 50.3 Å². The number of nitrogens with zero attached hydrogens (tertiary/aromatic N) is 3. The minimum atomic E-state index is 0.758. The third-order valence-corrected chi connectivity index (χ3v) is 4.10. The molecule has 0 bridgehead atoms. The molecule has 0 atom stereocenters. The number of benzene rings is 1. The maximum Gasteiger partial charge on any atom is 0.134 e. The molecular formula is C17H21ClN4O. The molecular weight excluding hydrogens is 312 g/mol. The predicted octanol–water partition coefficient (Wildman–Crippen LogP) is 3.01. The molecule has 1 aromatic carbocycles. The first-order valence-electron chi connectivity index (χ1n) is 7.94. The summed E-state index contributed by atoms with van der Waals surface area (Å²) in [5, 5.41) is 4.15. The van der Waals surface area contributed by atoms with Crippen LogP contribution in [-0.4, -0.2) is 42.8 Å². The Kier molecular flexibility index (Phi) is 5.66. The number of rotatable bonds is 6. The van der Waals surface area contributed by atoms with Crippen molar-refractivity contribution in [3.63, 3.8) is 0 Å². The summed E-state index contributed by atoms with van der Waals surface area (Å²) >= 11 is 5.89. The molecule has 1 aliphatic rings. The van der Waals surface area contributed by atoms with Gasteiger partial charge in [-0.1, -0.05) is 23.7 Å². The number of ether oxygens (including phenoxy) is 1. The third-order valence-electron chi connectivity index (χ3n) is 3.85. The van der Waals surface area contributed by atoms with Gasteiger partial charge < -0.3 is 15.0 Å². The number of hydrogen-bond donors (Lipinski definition) is 1. The van der Waals surface area contributed by atoms with Gasteiger partial charge in [0, 0.05) is 30.7 Å². The van der Waals surface area contributed by atoms with Gasteiger partial charge in [-0.25, -0.2) is 9.97 Å². The highest BCUT2D eigenvalue weighted by molar-refractivity contribution is 6.30. The molecule has 1 fully saturated rings. The molecule has 2 heterocycles. The normalized spacial score (nSPS) is 14.7. The molecule has 3 rings (SSSR count). The maximum atomic E-state index is 5.89. The summed E-state index contributed by atoms with van der Waals surface area (Å²) in [6.45, 7) is 4.16. The largest absolute Gasteiger partial charge is 0.378 e. The van der Waals surface area contributed by atoms with Gasteiger partial charge in [0.25, 0.3) is 0 Å². The predicted molar refractivity (Wildman–Crippen MR) is 93.3 cm³/mol. The van der Waals surface area contributed by atoms with Crippen molar-refractivity contribution in [1.82, 2.24) is 9.97 Å². The molecule has 6 heteroatoms. The Bertz CT molecular complexity index is 614. The van der Waals surface area contributed by atoms with Crippen molar-refractivity contribution in [3.8, 4) is 0 Å². The maximum absolute atomic E-state index is 5.89. The van der Waals surface area contributed by atoms with Crippen LogP contribution < -0.4 is 10.2 Å². The van der Waals surface area contributed by atoms with E-state index in [1.54, 1.807) is 6.33 Å². The summed E-state index contributed by atoms with van der Waals surface area (Å²) in [5.41, 5.74) is 1.30. The molecule has 23 heavy (non-hydrogen) atoms. The van der Waals surface area contributed by atoms with E-state index in [0.29, 0.717) is 0 Å². The molecule has 0 unspecified atom stereocenters. The molecule has 2 aromatic rings. The fraction of sp³-hybridized carbons (Fsp3) is 0.412. The molecule has 5 nitrogen and oxygen atoms in total. The van der Waals surface area contributed by atoms with Gasteiger partial charge in [-0.05, 0) is 30.5 Å². The van der Waals surface area contributed by atoms with Crippen molar-refractivity contribution in [2.75, 3.05) is 43.1 Å². The Morgan fingerprint density at radius 3 is 2.70 bits per heavy atom. The fourth-order valence-corrected chi connectivity index (χ4v) is 2.70. The smallest absolute Gasteiger partial charge is 0.134 e. The molecule has 0 spiro atoms. The summed E-state index contributed by atoms with van der Waals surface area (Å²) in [5.74, 6) is 1.83. The van der Waals surface area contributed by atoms with E-state index in [4.69, 9.17) is 16.3 Å². The first kappa shape index (κ1) is 16.0. The van der Waals surface area contributed by atoms with E-state index in [0.717, 1.165) is 62.3 Å². The molecule has 0 aliphatic carbocycles. The number of anilines is 2. The van der Waals surface area contributed by atoms with Crippen molar-refractivity contribution in [2.45, 2.75) is 12.8 Å². The second kappa shape index (κ2) is 8.13. The molecule has 1 aliphatic heterocycles. The Balaban J connectivity index is 1.47. The Morgan fingerprint density at radius 1 is 1.13 bits per heavy atom. The Labute approximate surface area is 141 Å². The number of aryl methyl sites for hydroxylation is 1. The van der Waals surface area contributed by atoms with E-state index in [1.807, 2.05) is 18.2 Å². The highest BCUT2D eigenvalue weighted by Crippen LogP contribution is 2.16. The second-order valence-corrected chi connectivity index (χ2v) is 5.95. The van der Waals surface area contributed by atoms with Crippen LogP contribution >= 0.6 is 11.6 Å². The molecule has 0 amide bonds. The lowest BCUT2D eigenvalue weighted by atomic mass is 10.1. The first-order valence-corrected chi connectivity index (χ1v) is 8.32. The quantitative estimate of drug-likeness (QED) is 0.824. The molecule has 0 saturated carbocycles. The Morgan fingerprint density at radius 2 is 1.91 bits per heavy atom. The second-order valence-electron chi connectivity index (χ2n) is 5.52. The summed E-state index contributed by atoms with van der Waals surface area (Å²) in [4.78, 5) is 10.9. The molecule has 122 valence electrons. The van der Waals surface area contributed by atoms with E-state index < -0.39 is 0 Å². The van der Waals surface area contributed by atoms with Crippen LogP contribution in [0.1, 0.15) is 12.0 Å². The number of hydrogen-bond acceptors (Lipinski definition) is 5. The lowest BCUT2D eigenvalue weighted by molar-refractivity contribution is 0.122. The number of morpholine rings is 1. The van der Waals surface area contributed by atoms with Gasteiger partial charge in [0.1, 0.15) is 18.0 Å². The number of aromatic nitrogens is 2. The van der Waals surface area contributed by atoms with E-state index in [-0.39, 0.29) is 0 Å². The molecule has 0 radical (unpaired) electrons. The van der Waals surface area contributed by atoms with Crippen LogP contribution in [0, 0.1) is 0 Å². The zero-order valence-corrected chi connectivity index (χ0v) is 13.8. The average Bonchev–Trinajstić information content (AvgIpc) is 2.61. The standard InChI is InChI=1S/C17H21ClN4O/c18-15-5-3-14(4-6-15)2-1-7-19-16-12-17(21-13-20-16)22-8-10-23-11-9-22/h3-6,12-13H,1-2,7-11H2,(H,19,20,21). The average molecular weight is 333 g/mol. The van der Waals surface area contributed by atoms with Crippen molar-refractivity contribution in [3.05, 3.63) is 47.2 Å². The number of halogens is 1. The SMILES string of the molecule is Clc1ccc(CCCNc2cc(N3CCOCC3)ncn2)cc1. The summed E-state index contributed by atoms with van der Waals surface area (Å²) < 4.78 is 5.37. The van der Waals surface area contributed by atoms with Crippen LogP contribution in [0.5, 0.6) is 0 Å². The van der Waals surface area contributed by atoms with E-state index in [9.17, 15) is 0 Å². The highest BCUT2D eigenvalue weighted by Gasteiger charge is 2.12. The minimum Gasteiger partial charge on any atom is -0.378 e. The van der Waals surface area contributed by atoms with Gasteiger partial charge in [0.15, 0.2) is 0 Å². The highest BCUT2D eigenvalue weighted by atomic mass is 35.5. The zero-order valence-electron chi connectivity index (χ0n) is 13.0. The first-order chi connectivity index (χ1) is 11.3. The van der Waals surface area contributed by atoms with E-state index in [2.05, 4.69) is 32.3 Å². The molecule has 1 N–H and O–H groups in total. The van der Waals surface area contributed by atoms with Crippen molar-refractivity contribution in [1.29, 1.82) is 0 Å². The van der Waals surface area contributed by atoms with Gasteiger partial charge in [-0.2, -0.15) is 0 Å². The Hall–Kier alpha value is -1.85. The lowest BCUT2D eigenvalue weighted by Crippen LogP contribution is -2.36. The van der Waals surface area contributed by atoms with Crippen molar-refractivity contribution in [2.24, 2.45) is 0 Å². The fourth-order valence-electron chi connectivity index (χ4n) is 2.57. The zero-order chi connectivity index (χ0) is 15.9. The van der Waals surface area contributed by atoms with Gasteiger partial charge in [-0.15, -0.1) is 0 Å². The third kappa shape index (κ3) is 4.81. The summed E-state index contributed by atoms with van der Waals surface area (Å²) in [6.07, 6.45) is 3.68. The van der Waals surface area contributed by atoms with Crippen molar-refractivity contribution >= 4 is 23.2 Å². The van der Waals surface area contributed by atoms with Crippen LogP contribution in [0.4, 0.5) is 11.6 Å². The van der Waals surface area contributed by atoms with E-state index >= 15 is 0 Å². The van der Waals surface area contributed by atoms with Gasteiger partial charge in [-0.3, -0.25) is 0 Å². The van der Waals surface area contributed by atoms with E-state index in [1.165, 1.54) is 5.56 Å². The molecule has 1 aromatic heterocycles. The van der Waals surface area contributed by atoms with Crippen LogP contribution in [0.25, 0.3) is 0 Å². The molecule has 1 saturated heterocycles. The van der Waals surface area contributed by atoms with Crippen LogP contribution in [-0.2, 0) is 11.2 Å². The van der Waals surface area contributed by atoms with Crippen LogP contribution in [0.3, 0.4) is 0 Å². The number of nitrogens with one attached hydrogen (secondary N) is 1. The van der Waals surface area contributed by atoms with Crippen LogP contribution in [0.15, 0.2) is 36.7 Å².